The Kier molecular flexibility index (Phi) is 4.17. The number of halogens is 1. The number of nitrogens with zero attached hydrogens (tertiary/aromatic N) is 1. The van der Waals surface area contributed by atoms with Gasteiger partial charge >= 0.3 is 0 Å². The van der Waals surface area contributed by atoms with Crippen molar-refractivity contribution in [2.24, 2.45) is 0 Å². The maximum atomic E-state index is 13.4. The molecule has 112 valence electrons. The SMILES string of the molecule is COc1ccc(F)cc1-c1csc(NC(=O)c2cccs2)n1. The van der Waals surface area contributed by atoms with Crippen molar-refractivity contribution >= 4 is 33.7 Å². The smallest absolute Gasteiger partial charge is 0.267 e. The van der Waals surface area contributed by atoms with Crippen LogP contribution in [0.4, 0.5) is 9.52 Å². The summed E-state index contributed by atoms with van der Waals surface area (Å²) in [5.74, 6) is -0.0436. The molecule has 7 heteroatoms. The fraction of sp³-hybridized carbons (Fsp3) is 0.0667. The minimum Gasteiger partial charge on any atom is -0.496 e. The predicted octanol–water partition coefficient (Wildman–Crippen LogP) is 4.27. The second-order valence-corrected chi connectivity index (χ2v) is 6.12. The molecule has 0 spiro atoms. The van der Waals surface area contributed by atoms with E-state index in [2.05, 4.69) is 10.3 Å². The Morgan fingerprint density at radius 3 is 2.91 bits per heavy atom. The van der Waals surface area contributed by atoms with Crippen LogP contribution in [0.3, 0.4) is 0 Å². The van der Waals surface area contributed by atoms with Gasteiger partial charge in [0.1, 0.15) is 11.6 Å². The summed E-state index contributed by atoms with van der Waals surface area (Å²) in [6.45, 7) is 0. The molecule has 0 unspecified atom stereocenters. The number of hydrogen-bond donors (Lipinski definition) is 1. The van der Waals surface area contributed by atoms with Gasteiger partial charge in [-0.15, -0.1) is 22.7 Å². The molecule has 0 fully saturated rings. The summed E-state index contributed by atoms with van der Waals surface area (Å²) in [7, 11) is 1.52. The molecule has 0 aliphatic carbocycles. The molecule has 1 N–H and O–H groups in total. The molecule has 2 aromatic heterocycles. The fourth-order valence-electron chi connectivity index (χ4n) is 1.90. The minimum absolute atomic E-state index is 0.206. The Balaban J connectivity index is 1.85. The third kappa shape index (κ3) is 3.00. The number of benzene rings is 1. The van der Waals surface area contributed by atoms with Crippen molar-refractivity contribution < 1.29 is 13.9 Å². The highest BCUT2D eigenvalue weighted by molar-refractivity contribution is 7.14. The number of thiazole rings is 1. The second kappa shape index (κ2) is 6.25. The number of hydrogen-bond acceptors (Lipinski definition) is 5. The van der Waals surface area contributed by atoms with E-state index in [9.17, 15) is 9.18 Å². The number of carbonyl (C=O) groups is 1. The lowest BCUT2D eigenvalue weighted by Gasteiger charge is -2.05. The van der Waals surface area contributed by atoms with Crippen LogP contribution in [0.2, 0.25) is 0 Å². The van der Waals surface area contributed by atoms with E-state index in [1.807, 2.05) is 11.4 Å². The first kappa shape index (κ1) is 14.7. The van der Waals surface area contributed by atoms with E-state index in [1.165, 1.54) is 41.9 Å². The van der Waals surface area contributed by atoms with Crippen LogP contribution in [0.15, 0.2) is 41.1 Å². The Hall–Kier alpha value is -2.25. The van der Waals surface area contributed by atoms with Crippen LogP contribution in [0, 0.1) is 5.82 Å². The van der Waals surface area contributed by atoms with Gasteiger partial charge in [0.2, 0.25) is 0 Å². The lowest BCUT2D eigenvalue weighted by molar-refractivity contribution is 0.103. The van der Waals surface area contributed by atoms with Gasteiger partial charge in [-0.2, -0.15) is 0 Å². The highest BCUT2D eigenvalue weighted by Gasteiger charge is 2.13. The molecule has 2 heterocycles. The summed E-state index contributed by atoms with van der Waals surface area (Å²) in [5, 5.41) is 6.77. The lowest BCUT2D eigenvalue weighted by Crippen LogP contribution is -2.09. The predicted molar refractivity (Wildman–Crippen MR) is 86.3 cm³/mol. The number of nitrogens with one attached hydrogen (secondary N) is 1. The van der Waals surface area contributed by atoms with Crippen molar-refractivity contribution in [2.45, 2.75) is 0 Å². The molecule has 0 saturated heterocycles. The summed E-state index contributed by atoms with van der Waals surface area (Å²) in [6, 6.07) is 7.79. The third-order valence-electron chi connectivity index (χ3n) is 2.91. The summed E-state index contributed by atoms with van der Waals surface area (Å²) in [6.07, 6.45) is 0. The average Bonchev–Trinajstić information content (AvgIpc) is 3.18. The van der Waals surface area contributed by atoms with Crippen LogP contribution in [-0.2, 0) is 0 Å². The van der Waals surface area contributed by atoms with Gasteiger partial charge in [0.25, 0.3) is 5.91 Å². The Bertz CT molecular complexity index is 800. The third-order valence-corrected chi connectivity index (χ3v) is 4.53. The number of ether oxygens (including phenoxy) is 1. The first-order valence-electron chi connectivity index (χ1n) is 6.31. The van der Waals surface area contributed by atoms with Gasteiger partial charge in [0.15, 0.2) is 5.13 Å². The Labute approximate surface area is 134 Å². The van der Waals surface area contributed by atoms with Crippen molar-refractivity contribution in [1.82, 2.24) is 4.98 Å². The first-order valence-corrected chi connectivity index (χ1v) is 8.07. The van der Waals surface area contributed by atoms with E-state index in [-0.39, 0.29) is 11.7 Å². The van der Waals surface area contributed by atoms with Crippen molar-refractivity contribution in [3.63, 3.8) is 0 Å². The van der Waals surface area contributed by atoms with Crippen molar-refractivity contribution in [3.8, 4) is 17.0 Å². The summed E-state index contributed by atoms with van der Waals surface area (Å²) >= 11 is 2.64. The summed E-state index contributed by atoms with van der Waals surface area (Å²) < 4.78 is 18.6. The van der Waals surface area contributed by atoms with E-state index >= 15 is 0 Å². The van der Waals surface area contributed by atoms with Gasteiger partial charge in [0, 0.05) is 10.9 Å². The molecule has 22 heavy (non-hydrogen) atoms. The molecular weight excluding hydrogens is 323 g/mol. The van der Waals surface area contributed by atoms with Crippen LogP contribution in [0.25, 0.3) is 11.3 Å². The van der Waals surface area contributed by atoms with E-state index in [0.29, 0.717) is 27.0 Å². The summed E-state index contributed by atoms with van der Waals surface area (Å²) in [5.41, 5.74) is 1.11. The van der Waals surface area contributed by atoms with Crippen molar-refractivity contribution in [2.75, 3.05) is 12.4 Å². The molecule has 0 radical (unpaired) electrons. The molecule has 0 saturated carbocycles. The zero-order valence-corrected chi connectivity index (χ0v) is 13.1. The zero-order valence-electron chi connectivity index (χ0n) is 11.5. The van der Waals surface area contributed by atoms with Crippen LogP contribution in [-0.4, -0.2) is 18.0 Å². The maximum Gasteiger partial charge on any atom is 0.267 e. The van der Waals surface area contributed by atoms with Crippen LogP contribution in [0.5, 0.6) is 5.75 Å². The molecule has 0 bridgehead atoms. The topological polar surface area (TPSA) is 51.2 Å². The standard InChI is InChI=1S/C15H11FN2O2S2/c1-20-12-5-4-9(16)7-10(12)11-8-22-15(17-11)18-14(19)13-3-2-6-21-13/h2-8H,1H3,(H,17,18,19). The maximum absolute atomic E-state index is 13.4. The monoisotopic (exact) mass is 334 g/mol. The minimum atomic E-state index is -0.368. The van der Waals surface area contributed by atoms with Gasteiger partial charge in [-0.25, -0.2) is 9.37 Å². The van der Waals surface area contributed by atoms with Gasteiger partial charge in [-0.3, -0.25) is 10.1 Å². The quantitative estimate of drug-likeness (QED) is 0.775. The van der Waals surface area contributed by atoms with E-state index in [0.717, 1.165) is 0 Å². The normalized spacial score (nSPS) is 10.5. The van der Waals surface area contributed by atoms with Gasteiger partial charge in [-0.1, -0.05) is 6.07 Å². The number of carbonyl (C=O) groups excluding carboxylic acids is 1. The molecular formula is C15H11FN2O2S2. The molecule has 0 atom stereocenters. The number of anilines is 1. The number of methoxy groups -OCH3 is 1. The highest BCUT2D eigenvalue weighted by atomic mass is 32.1. The fourth-order valence-corrected chi connectivity index (χ4v) is 3.23. The van der Waals surface area contributed by atoms with Crippen molar-refractivity contribution in [1.29, 1.82) is 0 Å². The highest BCUT2D eigenvalue weighted by Crippen LogP contribution is 2.32. The lowest BCUT2D eigenvalue weighted by atomic mass is 10.1. The van der Waals surface area contributed by atoms with Crippen LogP contribution < -0.4 is 10.1 Å². The number of thiophene rings is 1. The van der Waals surface area contributed by atoms with Crippen molar-refractivity contribution in [3.05, 3.63) is 51.8 Å². The molecule has 0 aliphatic heterocycles. The molecule has 0 aliphatic rings. The van der Waals surface area contributed by atoms with E-state index < -0.39 is 0 Å². The number of rotatable bonds is 4. The van der Waals surface area contributed by atoms with Crippen LogP contribution in [0.1, 0.15) is 9.67 Å². The molecule has 3 aromatic rings. The summed E-state index contributed by atoms with van der Waals surface area (Å²) in [4.78, 5) is 16.9. The zero-order chi connectivity index (χ0) is 15.5. The molecule has 3 rings (SSSR count). The van der Waals surface area contributed by atoms with Gasteiger partial charge in [0.05, 0.1) is 17.7 Å². The number of amides is 1. The largest absolute Gasteiger partial charge is 0.496 e. The first-order chi connectivity index (χ1) is 10.7. The Morgan fingerprint density at radius 2 is 2.18 bits per heavy atom. The van der Waals surface area contributed by atoms with Crippen LogP contribution >= 0.6 is 22.7 Å². The second-order valence-electron chi connectivity index (χ2n) is 4.31. The van der Waals surface area contributed by atoms with Gasteiger partial charge < -0.3 is 4.74 Å². The molecule has 1 aromatic carbocycles. The number of aromatic nitrogens is 1. The van der Waals surface area contributed by atoms with Gasteiger partial charge in [-0.05, 0) is 29.6 Å². The van der Waals surface area contributed by atoms with E-state index in [1.54, 1.807) is 17.5 Å². The molecule has 1 amide bonds. The average molecular weight is 334 g/mol. The van der Waals surface area contributed by atoms with E-state index in [4.69, 9.17) is 4.74 Å². The molecule has 4 nitrogen and oxygen atoms in total. The Morgan fingerprint density at radius 1 is 1.32 bits per heavy atom.